The SMILES string of the molecule is N#Cc1ccc(-c2cccc([N+](=O)[O-])c2)n(CCO)c1=O. The van der Waals surface area contributed by atoms with Gasteiger partial charge in [-0.3, -0.25) is 14.9 Å². The Morgan fingerprint density at radius 2 is 2.10 bits per heavy atom. The van der Waals surface area contributed by atoms with E-state index >= 15 is 0 Å². The Hall–Kier alpha value is -2.98. The standard InChI is InChI=1S/C14H11N3O4/c15-9-11-4-5-13(16(6-7-18)14(11)19)10-2-1-3-12(8-10)17(20)21/h1-5,8,18H,6-7H2. The van der Waals surface area contributed by atoms with Crippen molar-refractivity contribution in [3.8, 4) is 17.3 Å². The van der Waals surface area contributed by atoms with E-state index in [0.29, 0.717) is 11.3 Å². The molecule has 0 radical (unpaired) electrons. The molecule has 0 fully saturated rings. The molecule has 0 aliphatic rings. The summed E-state index contributed by atoms with van der Waals surface area (Å²) in [5.41, 5.74) is 0.212. The van der Waals surface area contributed by atoms with Crippen molar-refractivity contribution in [1.29, 1.82) is 5.26 Å². The molecule has 7 nitrogen and oxygen atoms in total. The van der Waals surface area contributed by atoms with E-state index in [1.807, 2.05) is 0 Å². The molecule has 0 unspecified atom stereocenters. The fourth-order valence-corrected chi connectivity index (χ4v) is 2.02. The third-order valence-corrected chi connectivity index (χ3v) is 2.97. The van der Waals surface area contributed by atoms with Crippen LogP contribution in [-0.2, 0) is 6.54 Å². The monoisotopic (exact) mass is 285 g/mol. The zero-order chi connectivity index (χ0) is 15.4. The first-order chi connectivity index (χ1) is 10.1. The molecule has 1 N–H and O–H groups in total. The van der Waals surface area contributed by atoms with Gasteiger partial charge in [0.2, 0.25) is 0 Å². The summed E-state index contributed by atoms with van der Waals surface area (Å²) in [6, 6.07) is 10.5. The van der Waals surface area contributed by atoms with Gasteiger partial charge in [0.1, 0.15) is 11.6 Å². The van der Waals surface area contributed by atoms with Gasteiger partial charge in [0.05, 0.1) is 17.2 Å². The van der Waals surface area contributed by atoms with Gasteiger partial charge >= 0.3 is 0 Å². The lowest BCUT2D eigenvalue weighted by Gasteiger charge is -2.12. The lowest BCUT2D eigenvalue weighted by molar-refractivity contribution is -0.384. The molecule has 0 atom stereocenters. The molecule has 0 spiro atoms. The minimum absolute atomic E-state index is 0.00633. The predicted molar refractivity (Wildman–Crippen MR) is 74.6 cm³/mol. The number of pyridine rings is 1. The number of aliphatic hydroxyl groups is 1. The number of nitriles is 1. The van der Waals surface area contributed by atoms with Crippen molar-refractivity contribution < 1.29 is 10.0 Å². The second-order valence-electron chi connectivity index (χ2n) is 4.23. The Morgan fingerprint density at radius 1 is 1.33 bits per heavy atom. The fourth-order valence-electron chi connectivity index (χ4n) is 2.02. The van der Waals surface area contributed by atoms with E-state index < -0.39 is 10.5 Å². The zero-order valence-electron chi connectivity index (χ0n) is 10.9. The van der Waals surface area contributed by atoms with E-state index in [9.17, 15) is 14.9 Å². The number of benzene rings is 1. The molecular formula is C14H11N3O4. The van der Waals surface area contributed by atoms with Crippen molar-refractivity contribution >= 4 is 5.69 Å². The normalized spacial score (nSPS) is 10.1. The van der Waals surface area contributed by atoms with Crippen molar-refractivity contribution in [3.63, 3.8) is 0 Å². The molecular weight excluding hydrogens is 274 g/mol. The molecule has 2 aromatic rings. The third-order valence-electron chi connectivity index (χ3n) is 2.97. The van der Waals surface area contributed by atoms with Crippen LogP contribution in [0.15, 0.2) is 41.2 Å². The first kappa shape index (κ1) is 14.4. The molecule has 1 aromatic carbocycles. The predicted octanol–water partition coefficient (Wildman–Crippen LogP) is 1.29. The highest BCUT2D eigenvalue weighted by atomic mass is 16.6. The lowest BCUT2D eigenvalue weighted by atomic mass is 10.1. The summed E-state index contributed by atoms with van der Waals surface area (Å²) in [6.07, 6.45) is 0. The molecule has 7 heteroatoms. The van der Waals surface area contributed by atoms with Gasteiger partial charge in [0, 0.05) is 24.2 Å². The number of non-ortho nitro benzene ring substituents is 1. The number of aliphatic hydroxyl groups excluding tert-OH is 1. The van der Waals surface area contributed by atoms with Crippen molar-refractivity contribution in [1.82, 2.24) is 4.57 Å². The minimum Gasteiger partial charge on any atom is -0.395 e. The molecule has 2 rings (SSSR count). The van der Waals surface area contributed by atoms with Crippen LogP contribution in [-0.4, -0.2) is 21.2 Å². The van der Waals surface area contributed by atoms with Crippen molar-refractivity contribution in [2.24, 2.45) is 0 Å². The molecule has 21 heavy (non-hydrogen) atoms. The first-order valence-corrected chi connectivity index (χ1v) is 6.08. The largest absolute Gasteiger partial charge is 0.395 e. The summed E-state index contributed by atoms with van der Waals surface area (Å²) >= 11 is 0. The summed E-state index contributed by atoms with van der Waals surface area (Å²) in [5.74, 6) is 0. The lowest BCUT2D eigenvalue weighted by Crippen LogP contribution is -2.25. The Bertz CT molecular complexity index is 790. The maximum Gasteiger partial charge on any atom is 0.270 e. The van der Waals surface area contributed by atoms with Crippen LogP contribution < -0.4 is 5.56 Å². The zero-order valence-corrected chi connectivity index (χ0v) is 10.9. The summed E-state index contributed by atoms with van der Waals surface area (Å²) in [4.78, 5) is 22.4. The van der Waals surface area contributed by atoms with Gasteiger partial charge in [0.25, 0.3) is 11.2 Å². The van der Waals surface area contributed by atoms with Crippen molar-refractivity contribution in [3.05, 3.63) is 62.4 Å². The molecule has 1 heterocycles. The second-order valence-corrected chi connectivity index (χ2v) is 4.23. The molecule has 0 bridgehead atoms. The van der Waals surface area contributed by atoms with E-state index in [1.165, 1.54) is 34.9 Å². The van der Waals surface area contributed by atoms with Crippen molar-refractivity contribution in [2.75, 3.05) is 6.61 Å². The van der Waals surface area contributed by atoms with Crippen LogP contribution in [0.1, 0.15) is 5.56 Å². The van der Waals surface area contributed by atoms with Gasteiger partial charge in [0.15, 0.2) is 0 Å². The number of nitro groups is 1. The highest BCUT2D eigenvalue weighted by Gasteiger charge is 2.13. The summed E-state index contributed by atoms with van der Waals surface area (Å²) in [5, 5.41) is 28.8. The Kier molecular flexibility index (Phi) is 4.11. The topological polar surface area (TPSA) is 109 Å². The summed E-state index contributed by atoms with van der Waals surface area (Å²) in [6.45, 7) is -0.275. The average Bonchev–Trinajstić information content (AvgIpc) is 2.49. The average molecular weight is 285 g/mol. The Balaban J connectivity index is 2.66. The smallest absolute Gasteiger partial charge is 0.270 e. The number of nitrogens with zero attached hydrogens (tertiary/aromatic N) is 3. The van der Waals surface area contributed by atoms with E-state index in [1.54, 1.807) is 12.1 Å². The maximum absolute atomic E-state index is 12.1. The van der Waals surface area contributed by atoms with Crippen LogP contribution in [0.2, 0.25) is 0 Å². The number of aromatic nitrogens is 1. The van der Waals surface area contributed by atoms with Crippen LogP contribution in [0.25, 0.3) is 11.3 Å². The van der Waals surface area contributed by atoms with Gasteiger partial charge in [-0.25, -0.2) is 0 Å². The molecule has 0 saturated heterocycles. The highest BCUT2D eigenvalue weighted by Crippen LogP contribution is 2.23. The van der Waals surface area contributed by atoms with Gasteiger partial charge in [-0.15, -0.1) is 0 Å². The third kappa shape index (κ3) is 2.80. The van der Waals surface area contributed by atoms with Crippen LogP contribution in [0.5, 0.6) is 0 Å². The van der Waals surface area contributed by atoms with E-state index in [-0.39, 0.29) is 24.4 Å². The molecule has 106 valence electrons. The molecule has 1 aromatic heterocycles. The van der Waals surface area contributed by atoms with Crippen molar-refractivity contribution in [2.45, 2.75) is 6.54 Å². The minimum atomic E-state index is -0.532. The molecule has 0 saturated carbocycles. The van der Waals surface area contributed by atoms with Gasteiger partial charge < -0.3 is 9.67 Å². The molecule has 0 amide bonds. The Labute approximate surface area is 119 Å². The Morgan fingerprint density at radius 3 is 2.71 bits per heavy atom. The summed E-state index contributed by atoms with van der Waals surface area (Å²) in [7, 11) is 0. The maximum atomic E-state index is 12.1. The fraction of sp³-hybridized carbons (Fsp3) is 0.143. The van der Waals surface area contributed by atoms with Gasteiger partial charge in [-0.2, -0.15) is 5.26 Å². The number of nitro benzene ring substituents is 1. The van der Waals surface area contributed by atoms with E-state index in [4.69, 9.17) is 10.4 Å². The van der Waals surface area contributed by atoms with Crippen LogP contribution in [0.4, 0.5) is 5.69 Å². The second kappa shape index (κ2) is 5.98. The van der Waals surface area contributed by atoms with E-state index in [2.05, 4.69) is 0 Å². The van der Waals surface area contributed by atoms with E-state index in [0.717, 1.165) is 0 Å². The highest BCUT2D eigenvalue weighted by molar-refractivity contribution is 5.63. The van der Waals surface area contributed by atoms with Crippen LogP contribution in [0, 0.1) is 21.4 Å². The summed E-state index contributed by atoms with van der Waals surface area (Å²) < 4.78 is 1.23. The first-order valence-electron chi connectivity index (χ1n) is 6.08. The quantitative estimate of drug-likeness (QED) is 0.672. The molecule has 0 aliphatic carbocycles. The number of hydrogen-bond acceptors (Lipinski definition) is 5. The number of hydrogen-bond donors (Lipinski definition) is 1. The number of rotatable bonds is 4. The molecule has 0 aliphatic heterocycles. The van der Waals surface area contributed by atoms with Crippen LogP contribution in [0.3, 0.4) is 0 Å². The van der Waals surface area contributed by atoms with Crippen LogP contribution >= 0.6 is 0 Å². The van der Waals surface area contributed by atoms with Gasteiger partial charge in [-0.05, 0) is 12.1 Å². The van der Waals surface area contributed by atoms with Gasteiger partial charge in [-0.1, -0.05) is 12.1 Å².